The molecule has 6 heteroatoms. The zero-order valence-corrected chi connectivity index (χ0v) is 13.0. The number of H-pyrrole nitrogens is 1. The second-order valence-corrected chi connectivity index (χ2v) is 5.29. The minimum absolute atomic E-state index is 0.128. The Balaban J connectivity index is 1.43. The number of rotatable bonds is 6. The van der Waals surface area contributed by atoms with Gasteiger partial charge in [0.15, 0.2) is 0 Å². The molecule has 0 aliphatic rings. The second-order valence-electron chi connectivity index (χ2n) is 5.29. The van der Waals surface area contributed by atoms with E-state index in [-0.39, 0.29) is 31.4 Å². The maximum atomic E-state index is 12.1. The van der Waals surface area contributed by atoms with Gasteiger partial charge in [0.05, 0.1) is 23.8 Å². The largest absolute Gasteiger partial charge is 0.461 e. The smallest absolute Gasteiger partial charge is 0.307 e. The van der Waals surface area contributed by atoms with Gasteiger partial charge in [-0.15, -0.1) is 0 Å². The van der Waals surface area contributed by atoms with Crippen LogP contribution in [-0.2, 0) is 16.1 Å². The van der Waals surface area contributed by atoms with Crippen LogP contribution >= 0.6 is 0 Å². The van der Waals surface area contributed by atoms with Crippen molar-refractivity contribution in [3.05, 3.63) is 66.0 Å². The molecule has 0 saturated carbocycles. The highest BCUT2D eigenvalue weighted by Crippen LogP contribution is 2.11. The maximum Gasteiger partial charge on any atom is 0.307 e. The summed E-state index contributed by atoms with van der Waals surface area (Å²) in [5.74, 6) is -0.585. The third-order valence-electron chi connectivity index (χ3n) is 3.54. The lowest BCUT2D eigenvalue weighted by Gasteiger charge is -2.06. The van der Waals surface area contributed by atoms with Crippen LogP contribution in [0.2, 0.25) is 0 Å². The van der Waals surface area contributed by atoms with Crippen LogP contribution in [0.1, 0.15) is 22.3 Å². The quantitative estimate of drug-likeness (QED) is 0.682. The number of carbonyl (C=O) groups excluding carboxylic acids is 2. The van der Waals surface area contributed by atoms with Crippen LogP contribution in [0.5, 0.6) is 0 Å². The molecule has 0 bridgehead atoms. The molecule has 122 valence electrons. The van der Waals surface area contributed by atoms with Crippen LogP contribution in [0.3, 0.4) is 0 Å². The zero-order chi connectivity index (χ0) is 16.8. The van der Waals surface area contributed by atoms with Crippen molar-refractivity contribution >= 4 is 22.9 Å². The minimum atomic E-state index is -0.345. The molecule has 6 nitrogen and oxygen atoms in total. The molecule has 0 atom stereocenters. The first kappa shape index (κ1) is 15.7. The Hall–Kier alpha value is -3.15. The molecule has 0 radical (unpaired) electrons. The van der Waals surface area contributed by atoms with Crippen LogP contribution in [-0.4, -0.2) is 28.4 Å². The number of carbonyl (C=O) groups is 2. The number of amides is 1. The number of hydrogen-bond acceptors (Lipinski definition) is 4. The SMILES string of the molecule is O=C(CCNC(=O)c1ccc2[nH]cnc2c1)OCc1ccccc1. The third kappa shape index (κ3) is 3.98. The fourth-order valence-electron chi connectivity index (χ4n) is 2.26. The molecular weight excluding hydrogens is 306 g/mol. The number of aromatic nitrogens is 2. The van der Waals surface area contributed by atoms with Crippen molar-refractivity contribution in [1.29, 1.82) is 0 Å². The van der Waals surface area contributed by atoms with E-state index in [1.165, 1.54) is 0 Å². The van der Waals surface area contributed by atoms with Crippen molar-refractivity contribution in [2.24, 2.45) is 0 Å². The molecule has 3 rings (SSSR count). The summed E-state index contributed by atoms with van der Waals surface area (Å²) in [6.45, 7) is 0.467. The fraction of sp³-hybridized carbons (Fsp3) is 0.167. The Labute approximate surface area is 138 Å². The molecule has 1 aromatic heterocycles. The number of nitrogens with one attached hydrogen (secondary N) is 2. The van der Waals surface area contributed by atoms with Gasteiger partial charge >= 0.3 is 5.97 Å². The van der Waals surface area contributed by atoms with Gasteiger partial charge in [0, 0.05) is 12.1 Å². The number of hydrogen-bond donors (Lipinski definition) is 2. The van der Waals surface area contributed by atoms with Crippen LogP contribution in [0.25, 0.3) is 11.0 Å². The summed E-state index contributed by atoms with van der Waals surface area (Å²) in [4.78, 5) is 30.8. The standard InChI is InChI=1S/C18H17N3O3/c22-17(24-11-13-4-2-1-3-5-13)8-9-19-18(23)14-6-7-15-16(10-14)21-12-20-15/h1-7,10,12H,8-9,11H2,(H,19,23)(H,20,21). The minimum Gasteiger partial charge on any atom is -0.461 e. The van der Waals surface area contributed by atoms with Crippen molar-refractivity contribution in [2.75, 3.05) is 6.54 Å². The summed E-state index contributed by atoms with van der Waals surface area (Å²) < 4.78 is 5.16. The molecule has 0 unspecified atom stereocenters. The molecule has 24 heavy (non-hydrogen) atoms. The highest BCUT2D eigenvalue weighted by molar-refractivity contribution is 5.97. The first-order chi connectivity index (χ1) is 11.7. The fourth-order valence-corrected chi connectivity index (χ4v) is 2.26. The van der Waals surface area contributed by atoms with Crippen LogP contribution in [0, 0.1) is 0 Å². The van der Waals surface area contributed by atoms with E-state index in [1.54, 1.807) is 24.5 Å². The van der Waals surface area contributed by atoms with Gasteiger partial charge in [-0.3, -0.25) is 9.59 Å². The molecule has 1 amide bonds. The first-order valence-electron chi connectivity index (χ1n) is 7.63. The normalized spacial score (nSPS) is 10.5. The monoisotopic (exact) mass is 323 g/mol. The van der Waals surface area contributed by atoms with E-state index in [1.807, 2.05) is 30.3 Å². The van der Waals surface area contributed by atoms with Crippen molar-refractivity contribution in [3.8, 4) is 0 Å². The van der Waals surface area contributed by atoms with E-state index in [2.05, 4.69) is 15.3 Å². The summed E-state index contributed by atoms with van der Waals surface area (Å²) in [5, 5.41) is 2.71. The predicted molar refractivity (Wildman–Crippen MR) is 89.3 cm³/mol. The van der Waals surface area contributed by atoms with Gasteiger partial charge in [0.25, 0.3) is 5.91 Å². The molecule has 3 aromatic rings. The van der Waals surface area contributed by atoms with Gasteiger partial charge < -0.3 is 15.0 Å². The summed E-state index contributed by atoms with van der Waals surface area (Å²) in [5.41, 5.74) is 3.04. The van der Waals surface area contributed by atoms with E-state index in [9.17, 15) is 9.59 Å². The van der Waals surface area contributed by atoms with E-state index < -0.39 is 0 Å². The lowest BCUT2D eigenvalue weighted by atomic mass is 10.2. The highest BCUT2D eigenvalue weighted by Gasteiger charge is 2.09. The lowest BCUT2D eigenvalue weighted by molar-refractivity contribution is -0.144. The topological polar surface area (TPSA) is 84.1 Å². The number of benzene rings is 2. The number of nitrogens with zero attached hydrogens (tertiary/aromatic N) is 1. The zero-order valence-electron chi connectivity index (χ0n) is 13.0. The molecule has 1 heterocycles. The van der Waals surface area contributed by atoms with Crippen molar-refractivity contribution in [1.82, 2.24) is 15.3 Å². The highest BCUT2D eigenvalue weighted by atomic mass is 16.5. The van der Waals surface area contributed by atoms with Crippen LogP contribution < -0.4 is 5.32 Å². The summed E-state index contributed by atoms with van der Waals surface area (Å²) in [6.07, 6.45) is 1.71. The van der Waals surface area contributed by atoms with Gasteiger partial charge in [-0.05, 0) is 23.8 Å². The number of aromatic amines is 1. The average molecular weight is 323 g/mol. The Morgan fingerprint density at radius 3 is 2.79 bits per heavy atom. The molecule has 2 aromatic carbocycles. The number of esters is 1. The molecule has 0 aliphatic heterocycles. The maximum absolute atomic E-state index is 12.1. The summed E-state index contributed by atoms with van der Waals surface area (Å²) >= 11 is 0. The van der Waals surface area contributed by atoms with Gasteiger partial charge in [0.2, 0.25) is 0 Å². The van der Waals surface area contributed by atoms with Gasteiger partial charge in [-0.25, -0.2) is 4.98 Å². The molecule has 0 fully saturated rings. The average Bonchev–Trinajstić information content (AvgIpc) is 3.08. The Morgan fingerprint density at radius 1 is 1.12 bits per heavy atom. The van der Waals surface area contributed by atoms with Crippen LogP contribution in [0.15, 0.2) is 54.9 Å². The van der Waals surface area contributed by atoms with Crippen molar-refractivity contribution in [3.63, 3.8) is 0 Å². The van der Waals surface area contributed by atoms with Gasteiger partial charge in [0.1, 0.15) is 6.61 Å². The first-order valence-corrected chi connectivity index (χ1v) is 7.63. The third-order valence-corrected chi connectivity index (χ3v) is 3.54. The van der Waals surface area contributed by atoms with Crippen LogP contribution in [0.4, 0.5) is 0 Å². The Kier molecular flexibility index (Phi) is 4.86. The molecular formula is C18H17N3O3. The van der Waals surface area contributed by atoms with Gasteiger partial charge in [-0.2, -0.15) is 0 Å². The number of fused-ring (bicyclic) bond motifs is 1. The van der Waals surface area contributed by atoms with Gasteiger partial charge in [-0.1, -0.05) is 30.3 Å². The molecule has 0 aliphatic carbocycles. The van der Waals surface area contributed by atoms with E-state index in [0.717, 1.165) is 16.6 Å². The molecule has 0 saturated heterocycles. The molecule has 2 N–H and O–H groups in total. The Morgan fingerprint density at radius 2 is 1.96 bits per heavy atom. The lowest BCUT2D eigenvalue weighted by Crippen LogP contribution is -2.26. The van der Waals surface area contributed by atoms with Crippen molar-refractivity contribution < 1.29 is 14.3 Å². The Bertz CT molecular complexity index is 843. The number of ether oxygens (including phenoxy) is 1. The predicted octanol–water partition coefficient (Wildman–Crippen LogP) is 2.43. The molecule has 0 spiro atoms. The van der Waals surface area contributed by atoms with E-state index >= 15 is 0 Å². The summed E-state index contributed by atoms with van der Waals surface area (Å²) in [7, 11) is 0. The number of imidazole rings is 1. The van der Waals surface area contributed by atoms with E-state index in [4.69, 9.17) is 4.74 Å². The second kappa shape index (κ2) is 7.41. The van der Waals surface area contributed by atoms with E-state index in [0.29, 0.717) is 5.56 Å². The summed E-state index contributed by atoms with van der Waals surface area (Å²) in [6, 6.07) is 14.7. The van der Waals surface area contributed by atoms with Crippen molar-refractivity contribution in [2.45, 2.75) is 13.0 Å².